The summed E-state index contributed by atoms with van der Waals surface area (Å²) in [5, 5.41) is 12.5. The molecule has 0 aliphatic rings. The van der Waals surface area contributed by atoms with Crippen molar-refractivity contribution in [2.45, 2.75) is 19.0 Å². The normalized spacial score (nSPS) is 14.4. The van der Waals surface area contributed by atoms with Crippen LogP contribution >= 0.6 is 15.9 Å². The first-order valence-electron chi connectivity index (χ1n) is 5.86. The third kappa shape index (κ3) is 3.22. The van der Waals surface area contributed by atoms with E-state index in [1.165, 1.54) is 0 Å². The fourth-order valence-corrected chi connectivity index (χ4v) is 2.05. The molecule has 2 atom stereocenters. The van der Waals surface area contributed by atoms with Crippen molar-refractivity contribution in [1.82, 2.24) is 5.32 Å². The van der Waals surface area contributed by atoms with Gasteiger partial charge in [-0.3, -0.25) is 5.32 Å². The average Bonchev–Trinajstić information content (AvgIpc) is 2.90. The highest BCUT2D eigenvalue weighted by molar-refractivity contribution is 9.10. The van der Waals surface area contributed by atoms with Crippen LogP contribution in [0.1, 0.15) is 24.3 Å². The molecule has 18 heavy (non-hydrogen) atoms. The van der Waals surface area contributed by atoms with Crippen molar-refractivity contribution in [2.24, 2.45) is 0 Å². The zero-order valence-corrected chi connectivity index (χ0v) is 11.7. The lowest BCUT2D eigenvalue weighted by atomic mass is 10.0. The summed E-state index contributed by atoms with van der Waals surface area (Å²) in [4.78, 5) is 0. The fraction of sp³-hybridized carbons (Fsp3) is 0.286. The maximum Gasteiger partial charge on any atom is 0.125 e. The molecule has 1 heterocycles. The molecular weight excluding hydrogens is 294 g/mol. The lowest BCUT2D eigenvalue weighted by Crippen LogP contribution is -2.33. The Morgan fingerprint density at radius 3 is 2.56 bits per heavy atom. The second kappa shape index (κ2) is 6.18. The summed E-state index contributed by atoms with van der Waals surface area (Å²) in [7, 11) is 0. The quantitative estimate of drug-likeness (QED) is 0.892. The Kier molecular flexibility index (Phi) is 4.58. The molecule has 2 aromatic rings. The monoisotopic (exact) mass is 309 g/mol. The van der Waals surface area contributed by atoms with E-state index in [9.17, 15) is 5.11 Å². The van der Waals surface area contributed by atoms with Gasteiger partial charge in [0.05, 0.1) is 18.9 Å². The molecule has 1 aromatic carbocycles. The van der Waals surface area contributed by atoms with Gasteiger partial charge in [0, 0.05) is 10.5 Å². The van der Waals surface area contributed by atoms with E-state index in [0.29, 0.717) is 0 Å². The second-order valence-electron chi connectivity index (χ2n) is 4.25. The topological polar surface area (TPSA) is 45.4 Å². The van der Waals surface area contributed by atoms with Gasteiger partial charge in [0.1, 0.15) is 5.76 Å². The summed E-state index contributed by atoms with van der Waals surface area (Å²) in [5.41, 5.74) is 1.11. The van der Waals surface area contributed by atoms with Crippen molar-refractivity contribution in [3.63, 3.8) is 0 Å². The number of furan rings is 1. The third-order valence-electron chi connectivity index (χ3n) is 2.76. The molecule has 0 amide bonds. The first-order valence-corrected chi connectivity index (χ1v) is 6.66. The Balaban J connectivity index is 2.27. The minimum Gasteiger partial charge on any atom is -0.467 e. The molecule has 0 unspecified atom stereocenters. The zero-order chi connectivity index (χ0) is 13.0. The molecule has 4 heteroatoms. The van der Waals surface area contributed by atoms with Crippen LogP contribution in [-0.4, -0.2) is 17.8 Å². The van der Waals surface area contributed by atoms with Crippen LogP contribution in [0, 0.1) is 0 Å². The number of aliphatic hydroxyl groups excluding tert-OH is 1. The Bertz CT molecular complexity index is 467. The van der Waals surface area contributed by atoms with E-state index < -0.39 is 0 Å². The number of hydrogen-bond donors (Lipinski definition) is 2. The van der Waals surface area contributed by atoms with Crippen molar-refractivity contribution in [2.75, 3.05) is 6.61 Å². The Morgan fingerprint density at radius 1 is 1.28 bits per heavy atom. The van der Waals surface area contributed by atoms with Gasteiger partial charge in [-0.1, -0.05) is 28.1 Å². The molecule has 0 bridgehead atoms. The smallest absolute Gasteiger partial charge is 0.125 e. The van der Waals surface area contributed by atoms with Crippen molar-refractivity contribution in [1.29, 1.82) is 0 Å². The minimum atomic E-state index is -0.0461. The van der Waals surface area contributed by atoms with E-state index in [2.05, 4.69) is 21.2 Å². The number of halogens is 1. The van der Waals surface area contributed by atoms with E-state index in [-0.39, 0.29) is 18.7 Å². The molecule has 3 nitrogen and oxygen atoms in total. The molecule has 0 spiro atoms. The number of aliphatic hydroxyl groups is 1. The Hall–Kier alpha value is -1.10. The predicted octanol–water partition coefficient (Wildman–Crippen LogP) is 3.10. The van der Waals surface area contributed by atoms with E-state index in [1.807, 2.05) is 43.3 Å². The maximum absolute atomic E-state index is 9.17. The molecule has 96 valence electrons. The van der Waals surface area contributed by atoms with E-state index in [4.69, 9.17) is 4.42 Å². The standard InChI is InChI=1S/C14H16BrNO2/c1-10(9-17)16-14(13-3-2-8-18-13)11-4-6-12(15)7-5-11/h2-8,10,14,16-17H,9H2,1H3/t10-,14+/m1/s1. The molecule has 0 aliphatic carbocycles. The molecule has 1 aromatic heterocycles. The van der Waals surface area contributed by atoms with Crippen molar-refractivity contribution >= 4 is 15.9 Å². The molecule has 0 aliphatic heterocycles. The highest BCUT2D eigenvalue weighted by Crippen LogP contribution is 2.24. The highest BCUT2D eigenvalue weighted by Gasteiger charge is 2.18. The second-order valence-corrected chi connectivity index (χ2v) is 5.17. The summed E-state index contributed by atoms with van der Waals surface area (Å²) in [6.45, 7) is 2.03. The molecule has 2 N–H and O–H groups in total. The van der Waals surface area contributed by atoms with Crippen LogP contribution in [-0.2, 0) is 0 Å². The lowest BCUT2D eigenvalue weighted by Gasteiger charge is -2.21. The molecule has 0 saturated heterocycles. The van der Waals surface area contributed by atoms with Crippen molar-refractivity contribution in [3.8, 4) is 0 Å². The van der Waals surface area contributed by atoms with E-state index in [0.717, 1.165) is 15.8 Å². The van der Waals surface area contributed by atoms with Gasteiger partial charge in [-0.05, 0) is 36.8 Å². The van der Waals surface area contributed by atoms with Crippen LogP contribution in [0.15, 0.2) is 51.6 Å². The maximum atomic E-state index is 9.17. The lowest BCUT2D eigenvalue weighted by molar-refractivity contribution is 0.241. The van der Waals surface area contributed by atoms with E-state index in [1.54, 1.807) is 6.26 Å². The van der Waals surface area contributed by atoms with Gasteiger partial charge in [-0.2, -0.15) is 0 Å². The Labute approximate surface area is 115 Å². The first kappa shape index (κ1) is 13.3. The van der Waals surface area contributed by atoms with Crippen LogP contribution in [0.4, 0.5) is 0 Å². The van der Waals surface area contributed by atoms with Gasteiger partial charge < -0.3 is 9.52 Å². The number of nitrogens with one attached hydrogen (secondary N) is 1. The molecule has 0 radical (unpaired) electrons. The van der Waals surface area contributed by atoms with E-state index >= 15 is 0 Å². The summed E-state index contributed by atoms with van der Waals surface area (Å²) in [6, 6.07) is 11.8. The minimum absolute atomic E-state index is 0.00347. The van der Waals surface area contributed by atoms with Crippen LogP contribution in [0.3, 0.4) is 0 Å². The predicted molar refractivity (Wildman–Crippen MR) is 74.4 cm³/mol. The molecule has 0 fully saturated rings. The molecule has 2 rings (SSSR count). The van der Waals surface area contributed by atoms with Crippen molar-refractivity contribution < 1.29 is 9.52 Å². The number of rotatable bonds is 5. The van der Waals surface area contributed by atoms with Gasteiger partial charge in [-0.15, -0.1) is 0 Å². The van der Waals surface area contributed by atoms with Gasteiger partial charge >= 0.3 is 0 Å². The summed E-state index contributed by atoms with van der Waals surface area (Å²) in [6.07, 6.45) is 1.66. The SMILES string of the molecule is C[C@H](CO)N[C@@H](c1ccc(Br)cc1)c1ccco1. The third-order valence-corrected chi connectivity index (χ3v) is 3.28. The summed E-state index contributed by atoms with van der Waals surface area (Å²) >= 11 is 3.42. The molecular formula is C14H16BrNO2. The van der Waals surface area contributed by atoms with Crippen LogP contribution < -0.4 is 5.32 Å². The summed E-state index contributed by atoms with van der Waals surface area (Å²) < 4.78 is 6.51. The van der Waals surface area contributed by atoms with Gasteiger partial charge in [0.15, 0.2) is 0 Å². The largest absolute Gasteiger partial charge is 0.467 e. The summed E-state index contributed by atoms with van der Waals surface area (Å²) in [5.74, 6) is 0.845. The fourth-order valence-electron chi connectivity index (χ4n) is 1.79. The average molecular weight is 310 g/mol. The first-order chi connectivity index (χ1) is 8.70. The van der Waals surface area contributed by atoms with Crippen molar-refractivity contribution in [3.05, 3.63) is 58.5 Å². The van der Waals surface area contributed by atoms with Gasteiger partial charge in [0.2, 0.25) is 0 Å². The zero-order valence-electron chi connectivity index (χ0n) is 10.1. The van der Waals surface area contributed by atoms with Crippen LogP contribution in [0.5, 0.6) is 0 Å². The number of benzene rings is 1. The van der Waals surface area contributed by atoms with Crippen LogP contribution in [0.25, 0.3) is 0 Å². The highest BCUT2D eigenvalue weighted by atomic mass is 79.9. The number of hydrogen-bond acceptors (Lipinski definition) is 3. The van der Waals surface area contributed by atoms with Gasteiger partial charge in [-0.25, -0.2) is 0 Å². The Morgan fingerprint density at radius 2 is 2.00 bits per heavy atom. The molecule has 0 saturated carbocycles. The van der Waals surface area contributed by atoms with Gasteiger partial charge in [0.25, 0.3) is 0 Å². The van der Waals surface area contributed by atoms with Crippen LogP contribution in [0.2, 0.25) is 0 Å².